The lowest BCUT2D eigenvalue weighted by atomic mass is 9.69. The lowest BCUT2D eigenvalue weighted by molar-refractivity contribution is 0.135. The zero-order chi connectivity index (χ0) is 13.4. The van der Waals surface area contributed by atoms with E-state index in [2.05, 4.69) is 39.9 Å². The number of rotatable bonds is 3. The van der Waals surface area contributed by atoms with Gasteiger partial charge in [-0.25, -0.2) is 4.98 Å². The van der Waals surface area contributed by atoms with Crippen molar-refractivity contribution in [2.24, 2.45) is 5.41 Å². The van der Waals surface area contributed by atoms with E-state index >= 15 is 0 Å². The van der Waals surface area contributed by atoms with Crippen molar-refractivity contribution in [3.8, 4) is 0 Å². The molecule has 3 heteroatoms. The highest BCUT2D eigenvalue weighted by Crippen LogP contribution is 2.46. The van der Waals surface area contributed by atoms with Gasteiger partial charge in [0.1, 0.15) is 5.01 Å². The largest absolute Gasteiger partial charge is 0.306 e. The zero-order valence-electron chi connectivity index (χ0n) is 12.4. The van der Waals surface area contributed by atoms with Gasteiger partial charge in [0.2, 0.25) is 0 Å². The van der Waals surface area contributed by atoms with E-state index in [1.54, 1.807) is 0 Å². The SMILES string of the molecule is CCNC1(c2nc(C)c(C)s2)CCC(C)(C)CC1. The highest BCUT2D eigenvalue weighted by molar-refractivity contribution is 7.11. The average Bonchev–Trinajstić information content (AvgIpc) is 2.64. The van der Waals surface area contributed by atoms with E-state index < -0.39 is 0 Å². The first-order chi connectivity index (χ1) is 8.38. The highest BCUT2D eigenvalue weighted by atomic mass is 32.1. The van der Waals surface area contributed by atoms with Crippen molar-refractivity contribution in [3.63, 3.8) is 0 Å². The van der Waals surface area contributed by atoms with Gasteiger partial charge in [0.15, 0.2) is 0 Å². The van der Waals surface area contributed by atoms with E-state index in [-0.39, 0.29) is 5.54 Å². The molecule has 1 saturated carbocycles. The third-order valence-corrected chi connectivity index (χ3v) is 5.69. The van der Waals surface area contributed by atoms with Crippen LogP contribution in [-0.2, 0) is 5.54 Å². The number of nitrogens with one attached hydrogen (secondary N) is 1. The first-order valence-electron chi connectivity index (χ1n) is 7.08. The molecular weight excluding hydrogens is 240 g/mol. The Morgan fingerprint density at radius 1 is 1.17 bits per heavy atom. The molecule has 18 heavy (non-hydrogen) atoms. The fraction of sp³-hybridized carbons (Fsp3) is 0.800. The van der Waals surface area contributed by atoms with Crippen LogP contribution in [0, 0.1) is 19.3 Å². The molecule has 1 N–H and O–H groups in total. The first-order valence-corrected chi connectivity index (χ1v) is 7.90. The maximum Gasteiger partial charge on any atom is 0.113 e. The standard InChI is InChI=1S/C15H26N2S/c1-6-16-15(9-7-14(4,5)8-10-15)13-17-11(2)12(3)18-13/h16H,6-10H2,1-5H3. The summed E-state index contributed by atoms with van der Waals surface area (Å²) in [7, 11) is 0. The summed E-state index contributed by atoms with van der Waals surface area (Å²) in [4.78, 5) is 6.20. The summed E-state index contributed by atoms with van der Waals surface area (Å²) in [6, 6.07) is 0. The summed E-state index contributed by atoms with van der Waals surface area (Å²) in [5.74, 6) is 0. The molecule has 0 saturated heterocycles. The molecule has 0 spiro atoms. The van der Waals surface area contributed by atoms with E-state index in [1.807, 2.05) is 11.3 Å². The summed E-state index contributed by atoms with van der Waals surface area (Å²) in [6.45, 7) is 12.3. The van der Waals surface area contributed by atoms with E-state index in [0.29, 0.717) is 5.41 Å². The molecule has 1 heterocycles. The normalized spacial score (nSPS) is 22.1. The summed E-state index contributed by atoms with van der Waals surface area (Å²) in [5, 5.41) is 5.06. The van der Waals surface area contributed by atoms with Crippen LogP contribution in [0.1, 0.15) is 62.0 Å². The maximum absolute atomic E-state index is 4.83. The van der Waals surface area contributed by atoms with Gasteiger partial charge in [-0.15, -0.1) is 11.3 Å². The van der Waals surface area contributed by atoms with Crippen LogP contribution in [0.5, 0.6) is 0 Å². The molecule has 0 unspecified atom stereocenters. The van der Waals surface area contributed by atoms with Crippen molar-refractivity contribution in [2.75, 3.05) is 6.54 Å². The molecule has 1 fully saturated rings. The number of thiazole rings is 1. The molecule has 1 aromatic rings. The Bertz CT molecular complexity index is 391. The Hall–Kier alpha value is -0.410. The number of aromatic nitrogens is 1. The van der Waals surface area contributed by atoms with Gasteiger partial charge in [0.05, 0.1) is 11.2 Å². The first kappa shape index (κ1) is 14.0. The quantitative estimate of drug-likeness (QED) is 0.888. The molecule has 102 valence electrons. The van der Waals surface area contributed by atoms with Gasteiger partial charge in [-0.1, -0.05) is 20.8 Å². The predicted octanol–water partition coefficient (Wildman–Crippen LogP) is 4.16. The molecule has 0 radical (unpaired) electrons. The molecule has 2 rings (SSSR count). The molecule has 0 aliphatic heterocycles. The lowest BCUT2D eigenvalue weighted by Crippen LogP contribution is -2.46. The fourth-order valence-electron chi connectivity index (χ4n) is 2.84. The summed E-state index contributed by atoms with van der Waals surface area (Å²) in [6.07, 6.45) is 5.02. The molecule has 2 nitrogen and oxygen atoms in total. The number of hydrogen-bond donors (Lipinski definition) is 1. The van der Waals surface area contributed by atoms with Gasteiger partial charge in [0, 0.05) is 4.88 Å². The van der Waals surface area contributed by atoms with Crippen LogP contribution in [0.2, 0.25) is 0 Å². The fourth-order valence-corrected chi connectivity index (χ4v) is 3.97. The van der Waals surface area contributed by atoms with Crippen LogP contribution < -0.4 is 5.32 Å². The van der Waals surface area contributed by atoms with Crippen molar-refractivity contribution in [2.45, 2.75) is 65.8 Å². The van der Waals surface area contributed by atoms with Gasteiger partial charge in [-0.2, -0.15) is 0 Å². The number of aryl methyl sites for hydroxylation is 2. The monoisotopic (exact) mass is 266 g/mol. The van der Waals surface area contributed by atoms with Crippen LogP contribution in [0.25, 0.3) is 0 Å². The highest BCUT2D eigenvalue weighted by Gasteiger charge is 2.41. The van der Waals surface area contributed by atoms with Gasteiger partial charge in [-0.3, -0.25) is 0 Å². The smallest absolute Gasteiger partial charge is 0.113 e. The van der Waals surface area contributed by atoms with Gasteiger partial charge < -0.3 is 5.32 Å². The second-order valence-electron chi connectivity index (χ2n) is 6.44. The van der Waals surface area contributed by atoms with E-state index in [1.165, 1.54) is 41.3 Å². The zero-order valence-corrected chi connectivity index (χ0v) is 13.2. The van der Waals surface area contributed by atoms with Crippen LogP contribution in [0.15, 0.2) is 0 Å². The van der Waals surface area contributed by atoms with Crippen molar-refractivity contribution < 1.29 is 0 Å². The minimum Gasteiger partial charge on any atom is -0.306 e. The molecular formula is C15H26N2S. The predicted molar refractivity (Wildman–Crippen MR) is 79.2 cm³/mol. The molecule has 0 atom stereocenters. The average molecular weight is 266 g/mol. The van der Waals surface area contributed by atoms with E-state index in [9.17, 15) is 0 Å². The summed E-state index contributed by atoms with van der Waals surface area (Å²) >= 11 is 1.89. The van der Waals surface area contributed by atoms with Crippen LogP contribution >= 0.6 is 11.3 Å². The molecule has 0 aromatic carbocycles. The molecule has 0 bridgehead atoms. The van der Waals surface area contributed by atoms with Crippen LogP contribution in [-0.4, -0.2) is 11.5 Å². The third kappa shape index (κ3) is 2.62. The molecule has 1 aromatic heterocycles. The molecule has 1 aliphatic rings. The van der Waals surface area contributed by atoms with Crippen molar-refractivity contribution >= 4 is 11.3 Å². The second kappa shape index (κ2) is 4.93. The Morgan fingerprint density at radius 3 is 2.22 bits per heavy atom. The Morgan fingerprint density at radius 2 is 1.78 bits per heavy atom. The minimum atomic E-state index is 0.147. The Kier molecular flexibility index (Phi) is 3.84. The minimum absolute atomic E-state index is 0.147. The van der Waals surface area contributed by atoms with Crippen molar-refractivity contribution in [1.29, 1.82) is 0 Å². The maximum atomic E-state index is 4.83. The van der Waals surface area contributed by atoms with E-state index in [0.717, 1.165) is 6.54 Å². The third-order valence-electron chi connectivity index (χ3n) is 4.41. The lowest BCUT2D eigenvalue weighted by Gasteiger charge is -2.43. The summed E-state index contributed by atoms with van der Waals surface area (Å²) in [5.41, 5.74) is 1.85. The van der Waals surface area contributed by atoms with Gasteiger partial charge in [0.25, 0.3) is 0 Å². The second-order valence-corrected chi connectivity index (χ2v) is 7.64. The van der Waals surface area contributed by atoms with Gasteiger partial charge >= 0.3 is 0 Å². The van der Waals surface area contributed by atoms with Gasteiger partial charge in [-0.05, 0) is 51.5 Å². The molecule has 0 amide bonds. The van der Waals surface area contributed by atoms with Crippen LogP contribution in [0.4, 0.5) is 0 Å². The number of nitrogens with zero attached hydrogens (tertiary/aromatic N) is 1. The number of hydrogen-bond acceptors (Lipinski definition) is 3. The van der Waals surface area contributed by atoms with Crippen molar-refractivity contribution in [1.82, 2.24) is 10.3 Å². The topological polar surface area (TPSA) is 24.9 Å². The Labute approximate surface area is 115 Å². The van der Waals surface area contributed by atoms with E-state index in [4.69, 9.17) is 4.98 Å². The molecule has 1 aliphatic carbocycles. The Balaban J connectivity index is 2.28. The van der Waals surface area contributed by atoms with Crippen molar-refractivity contribution in [3.05, 3.63) is 15.6 Å². The van der Waals surface area contributed by atoms with Crippen LogP contribution in [0.3, 0.4) is 0 Å². The summed E-state index contributed by atoms with van der Waals surface area (Å²) < 4.78 is 0.